The lowest BCUT2D eigenvalue weighted by Crippen LogP contribution is -2.27. The van der Waals surface area contributed by atoms with Crippen LogP contribution in [0.3, 0.4) is 0 Å². The van der Waals surface area contributed by atoms with Crippen molar-refractivity contribution in [1.29, 1.82) is 0 Å². The number of hydrogen-bond donors (Lipinski definition) is 1. The number of ketones is 2. The third-order valence-corrected chi connectivity index (χ3v) is 6.65. The van der Waals surface area contributed by atoms with E-state index in [4.69, 9.17) is 9.47 Å². The van der Waals surface area contributed by atoms with Crippen LogP contribution in [0.5, 0.6) is 0 Å². The summed E-state index contributed by atoms with van der Waals surface area (Å²) in [6.07, 6.45) is 8.15. The Labute approximate surface area is 194 Å². The average Bonchev–Trinajstić information content (AvgIpc) is 3.49. The van der Waals surface area contributed by atoms with E-state index in [1.807, 2.05) is 24.3 Å². The van der Waals surface area contributed by atoms with Crippen LogP contribution < -0.4 is 5.32 Å². The summed E-state index contributed by atoms with van der Waals surface area (Å²) in [7, 11) is -2.04. The molecule has 0 spiro atoms. The normalized spacial score (nSPS) is 37.5. The number of carbonyl (C=O) groups excluding carboxylic acids is 4. The zero-order valence-corrected chi connectivity index (χ0v) is 17.0. The van der Waals surface area contributed by atoms with Crippen molar-refractivity contribution in [2.75, 3.05) is 13.4 Å². The van der Waals surface area contributed by atoms with E-state index in [-0.39, 0.29) is 100 Å². The molecule has 4 bridgehead atoms. The summed E-state index contributed by atoms with van der Waals surface area (Å²) < 4.78 is 34.3. The Balaban J connectivity index is 0.000000251. The van der Waals surface area contributed by atoms with Crippen molar-refractivity contribution < 1.29 is 41.3 Å². The van der Waals surface area contributed by atoms with Crippen molar-refractivity contribution in [2.24, 2.45) is 23.7 Å². The lowest BCUT2D eigenvalue weighted by atomic mass is 9.85. The zero-order chi connectivity index (χ0) is 21.8. The monoisotopic (exact) mass is 487 g/mol. The summed E-state index contributed by atoms with van der Waals surface area (Å²) >= 11 is 0. The number of amides is 2. The predicted molar refractivity (Wildman–Crippen MR) is 119 cm³/mol. The van der Waals surface area contributed by atoms with E-state index in [0.29, 0.717) is 0 Å². The van der Waals surface area contributed by atoms with Crippen molar-refractivity contribution in [3.8, 4) is 0 Å². The molecule has 1 saturated carbocycles. The number of imide groups is 1. The van der Waals surface area contributed by atoms with Crippen LogP contribution in [0, 0.1) is 23.7 Å². The van der Waals surface area contributed by atoms with Gasteiger partial charge in [-0.15, -0.1) is 0 Å². The van der Waals surface area contributed by atoms with Gasteiger partial charge < -0.3 is 9.47 Å². The van der Waals surface area contributed by atoms with Crippen LogP contribution in [0.1, 0.15) is 28.7 Å². The van der Waals surface area contributed by atoms with Gasteiger partial charge in [0.05, 0.1) is 67.9 Å². The van der Waals surface area contributed by atoms with Crippen LogP contribution in [-0.4, -0.2) is 69.6 Å². The molecule has 5 heterocycles. The summed E-state index contributed by atoms with van der Waals surface area (Å²) in [5.74, 6) is -1.02. The van der Waals surface area contributed by atoms with Gasteiger partial charge in [0.2, 0.25) is 11.8 Å². The van der Waals surface area contributed by atoms with Gasteiger partial charge in [0, 0.05) is 0 Å². The highest BCUT2D eigenvalue weighted by atomic mass is 32.2. The molecule has 5 aliphatic heterocycles. The fourth-order valence-electron chi connectivity index (χ4n) is 4.70. The molecule has 186 valence electrons. The third-order valence-electron chi connectivity index (χ3n) is 6.05. The van der Waals surface area contributed by atoms with Crippen molar-refractivity contribution >= 4 is 33.5 Å². The van der Waals surface area contributed by atoms with Crippen molar-refractivity contribution in [3.05, 3.63) is 24.3 Å². The molecule has 0 aromatic carbocycles. The molecule has 0 radical (unpaired) electrons. The molecular formula is C22H33NO9S. The van der Waals surface area contributed by atoms with E-state index < -0.39 is 10.1 Å². The first-order valence-electron chi connectivity index (χ1n) is 9.44. The SMILES string of the molecule is C.C.C.COS(C)(=O)=O.O=C1CC(=O)C2C3C=CC(O3)C12.O=C1NC(=O)C2C3C=CC(O3)C12. The Morgan fingerprint density at radius 1 is 0.758 bits per heavy atom. The molecule has 33 heavy (non-hydrogen) atoms. The van der Waals surface area contributed by atoms with Crippen LogP contribution >= 0.6 is 0 Å². The molecule has 2 amide bonds. The lowest BCUT2D eigenvalue weighted by Gasteiger charge is -2.12. The molecule has 6 rings (SSSR count). The Morgan fingerprint density at radius 3 is 1.36 bits per heavy atom. The number of rotatable bonds is 1. The van der Waals surface area contributed by atoms with E-state index in [0.717, 1.165) is 13.4 Å². The number of nitrogens with one attached hydrogen (secondary N) is 1. The number of ether oxygens (including phenoxy) is 2. The summed E-state index contributed by atoms with van der Waals surface area (Å²) in [5, 5.41) is 2.32. The van der Waals surface area contributed by atoms with Crippen LogP contribution in [0.2, 0.25) is 0 Å². The fourth-order valence-corrected chi connectivity index (χ4v) is 4.70. The van der Waals surface area contributed by atoms with Gasteiger partial charge in [-0.2, -0.15) is 8.42 Å². The summed E-state index contributed by atoms with van der Waals surface area (Å²) in [4.78, 5) is 45.1. The topological polar surface area (TPSA) is 142 Å². The van der Waals surface area contributed by atoms with Gasteiger partial charge in [0.25, 0.3) is 10.1 Å². The molecular weight excluding hydrogens is 454 g/mol. The van der Waals surface area contributed by atoms with Gasteiger partial charge in [-0.25, -0.2) is 0 Å². The average molecular weight is 488 g/mol. The molecule has 11 heteroatoms. The highest BCUT2D eigenvalue weighted by Crippen LogP contribution is 2.45. The minimum atomic E-state index is -3.16. The maximum Gasteiger partial charge on any atom is 0.264 e. The standard InChI is InChI=1S/C9H8O3.C8H7NO3.C2H6O3S.3CH4/c10-4-3-5(11)9-7-2-1-6(12-7)8(4)9;10-7-5-3-1-2-4(12-3)6(5)8(11)9-7;1-5-6(2,3)4;;;/h1-2,6-9H,3H2;1-6H,(H,9,10,11);1-2H3;3*1H4. The molecule has 1 N–H and O–H groups in total. The molecule has 4 fully saturated rings. The maximum atomic E-state index is 11.3. The summed E-state index contributed by atoms with van der Waals surface area (Å²) in [6.45, 7) is 0. The number of Topliss-reactive ketones (excluding diaryl/α,β-unsaturated/α-hetero) is 2. The second kappa shape index (κ2) is 10.4. The predicted octanol–water partition coefficient (Wildman–Crippen LogP) is 0.811. The second-order valence-electron chi connectivity index (χ2n) is 7.84. The van der Waals surface area contributed by atoms with Gasteiger partial charge in [-0.3, -0.25) is 28.7 Å². The zero-order valence-electron chi connectivity index (χ0n) is 16.2. The minimum Gasteiger partial charge on any atom is -0.365 e. The Hall–Kier alpha value is -2.21. The molecule has 8 unspecified atom stereocenters. The lowest BCUT2D eigenvalue weighted by molar-refractivity contribution is -0.129. The van der Waals surface area contributed by atoms with E-state index in [9.17, 15) is 27.6 Å². The molecule has 0 aromatic rings. The third kappa shape index (κ3) is 5.16. The van der Waals surface area contributed by atoms with Crippen LogP contribution in [0.4, 0.5) is 0 Å². The first-order valence-corrected chi connectivity index (χ1v) is 11.3. The Kier molecular flexibility index (Phi) is 9.06. The first-order chi connectivity index (χ1) is 14.1. The summed E-state index contributed by atoms with van der Waals surface area (Å²) in [5.41, 5.74) is 0. The van der Waals surface area contributed by atoms with Gasteiger partial charge in [0.1, 0.15) is 11.6 Å². The largest absolute Gasteiger partial charge is 0.365 e. The van der Waals surface area contributed by atoms with Gasteiger partial charge >= 0.3 is 0 Å². The van der Waals surface area contributed by atoms with E-state index in [1.54, 1.807) is 0 Å². The van der Waals surface area contributed by atoms with E-state index in [1.165, 1.54) is 0 Å². The highest BCUT2D eigenvalue weighted by molar-refractivity contribution is 7.85. The van der Waals surface area contributed by atoms with E-state index in [2.05, 4.69) is 9.50 Å². The summed E-state index contributed by atoms with van der Waals surface area (Å²) in [6, 6.07) is 0. The molecule has 8 atom stereocenters. The molecule has 1 aliphatic carbocycles. The quantitative estimate of drug-likeness (QED) is 0.246. The number of hydrogen-bond acceptors (Lipinski definition) is 9. The fraction of sp³-hybridized carbons (Fsp3) is 0.636. The van der Waals surface area contributed by atoms with Gasteiger partial charge in [-0.05, 0) is 0 Å². The Bertz CT molecular complexity index is 852. The van der Waals surface area contributed by atoms with Crippen LogP contribution in [-0.2, 0) is 43.0 Å². The van der Waals surface area contributed by atoms with Crippen molar-refractivity contribution in [2.45, 2.75) is 53.1 Å². The second-order valence-corrected chi connectivity index (χ2v) is 9.58. The number of fused-ring (bicyclic) bond motifs is 10. The van der Waals surface area contributed by atoms with E-state index >= 15 is 0 Å². The smallest absolute Gasteiger partial charge is 0.264 e. The molecule has 10 nitrogen and oxygen atoms in total. The molecule has 6 aliphatic rings. The Morgan fingerprint density at radius 2 is 1.06 bits per heavy atom. The molecule has 3 saturated heterocycles. The molecule has 0 aromatic heterocycles. The van der Waals surface area contributed by atoms with Gasteiger partial charge in [0.15, 0.2) is 0 Å². The van der Waals surface area contributed by atoms with Gasteiger partial charge in [-0.1, -0.05) is 46.6 Å². The minimum absolute atomic E-state index is 0. The van der Waals surface area contributed by atoms with Crippen LogP contribution in [0.15, 0.2) is 24.3 Å². The maximum absolute atomic E-state index is 11.3. The first kappa shape index (κ1) is 28.8. The van der Waals surface area contributed by atoms with Crippen molar-refractivity contribution in [1.82, 2.24) is 5.32 Å². The van der Waals surface area contributed by atoms with Crippen molar-refractivity contribution in [3.63, 3.8) is 0 Å². The number of carbonyl (C=O) groups is 4. The highest BCUT2D eigenvalue weighted by Gasteiger charge is 2.58. The van der Waals surface area contributed by atoms with Crippen LogP contribution in [0.25, 0.3) is 0 Å².